The molecule has 1 aromatic heterocycles. The summed E-state index contributed by atoms with van der Waals surface area (Å²) >= 11 is 0. The van der Waals surface area contributed by atoms with Crippen LogP contribution in [0.3, 0.4) is 0 Å². The van der Waals surface area contributed by atoms with E-state index >= 15 is 0 Å². The molecule has 1 N–H and O–H groups in total. The summed E-state index contributed by atoms with van der Waals surface area (Å²) in [5.74, 6) is -3.24. The Bertz CT molecular complexity index is 1070. The molecule has 1 heterocycles. The number of rotatable bonds is 5. The lowest BCUT2D eigenvalue weighted by Crippen LogP contribution is -2.15. The van der Waals surface area contributed by atoms with Gasteiger partial charge in [-0.15, -0.1) is 0 Å². The third kappa shape index (κ3) is 4.65. The second kappa shape index (κ2) is 8.36. The minimum atomic E-state index is -4.72. The zero-order valence-corrected chi connectivity index (χ0v) is 15.3. The molecule has 0 aliphatic rings. The van der Waals surface area contributed by atoms with Crippen LogP contribution >= 0.6 is 0 Å². The van der Waals surface area contributed by atoms with E-state index in [1.54, 1.807) is 0 Å². The number of amides is 1. The van der Waals surface area contributed by atoms with Crippen LogP contribution in [-0.4, -0.2) is 18.0 Å². The van der Waals surface area contributed by atoms with Gasteiger partial charge in [0.2, 0.25) is 5.95 Å². The summed E-state index contributed by atoms with van der Waals surface area (Å²) in [5, 5.41) is 2.31. The summed E-state index contributed by atoms with van der Waals surface area (Å²) in [6.45, 7) is 0. The summed E-state index contributed by atoms with van der Waals surface area (Å²) in [6, 6.07) is 8.14. The topological polar surface area (TPSA) is 60.5 Å². The van der Waals surface area contributed by atoms with Crippen LogP contribution in [0.15, 0.2) is 54.7 Å². The number of carbonyl (C=O) groups is 1. The minimum Gasteiger partial charge on any atom is -0.490 e. The van der Waals surface area contributed by atoms with Gasteiger partial charge in [0.25, 0.3) is 5.91 Å². The molecule has 0 fully saturated rings. The summed E-state index contributed by atoms with van der Waals surface area (Å²) in [7, 11) is 1.19. The van der Waals surface area contributed by atoms with E-state index in [0.717, 1.165) is 30.5 Å². The van der Waals surface area contributed by atoms with Crippen LogP contribution in [0.5, 0.6) is 17.2 Å². The molecule has 3 rings (SSSR count). The highest BCUT2D eigenvalue weighted by atomic mass is 19.4. The summed E-state index contributed by atoms with van der Waals surface area (Å²) in [6.07, 6.45) is -3.72. The zero-order chi connectivity index (χ0) is 21.9. The number of nitrogens with one attached hydrogen (secondary N) is 1. The SMILES string of the molecule is COc1c(F)cccc1Oc1ccc(C(F)(F)F)cc1C(=O)Nc1ccc(F)nc1. The van der Waals surface area contributed by atoms with Crippen molar-refractivity contribution in [1.82, 2.24) is 4.98 Å². The first-order valence-electron chi connectivity index (χ1n) is 8.33. The average Bonchev–Trinajstić information content (AvgIpc) is 2.69. The lowest BCUT2D eigenvalue weighted by atomic mass is 10.1. The standard InChI is InChI=1S/C20H13F5N2O3/c1-29-18-14(21)3-2-4-16(18)30-15-7-5-11(20(23,24)25)9-13(15)19(28)27-12-6-8-17(22)26-10-12/h2-10H,1H3,(H,27,28). The number of benzene rings is 2. The van der Waals surface area contributed by atoms with E-state index < -0.39 is 35.0 Å². The highest BCUT2D eigenvalue weighted by molar-refractivity contribution is 6.06. The van der Waals surface area contributed by atoms with E-state index in [1.165, 1.54) is 25.3 Å². The molecule has 0 spiro atoms. The Morgan fingerprint density at radius 2 is 1.80 bits per heavy atom. The van der Waals surface area contributed by atoms with Gasteiger partial charge in [-0.2, -0.15) is 17.6 Å². The summed E-state index contributed by atoms with van der Waals surface area (Å²) in [5.41, 5.74) is -1.53. The first-order chi connectivity index (χ1) is 14.2. The van der Waals surface area contributed by atoms with Crippen LogP contribution < -0.4 is 14.8 Å². The van der Waals surface area contributed by atoms with Crippen LogP contribution in [0.4, 0.5) is 27.6 Å². The molecule has 0 unspecified atom stereocenters. The predicted molar refractivity (Wildman–Crippen MR) is 96.6 cm³/mol. The Balaban J connectivity index is 2.01. The van der Waals surface area contributed by atoms with Crippen molar-refractivity contribution >= 4 is 11.6 Å². The van der Waals surface area contributed by atoms with Crippen LogP contribution in [-0.2, 0) is 6.18 Å². The molecule has 2 aromatic carbocycles. The number of halogens is 5. The van der Waals surface area contributed by atoms with E-state index in [2.05, 4.69) is 10.3 Å². The molecule has 0 saturated carbocycles. The highest BCUT2D eigenvalue weighted by Gasteiger charge is 2.32. The fourth-order valence-electron chi connectivity index (χ4n) is 2.51. The third-order valence-corrected chi connectivity index (χ3v) is 3.89. The molecule has 0 atom stereocenters. The van der Waals surface area contributed by atoms with E-state index in [-0.39, 0.29) is 22.9 Å². The van der Waals surface area contributed by atoms with Crippen molar-refractivity contribution in [3.05, 3.63) is 77.6 Å². The van der Waals surface area contributed by atoms with Crippen LogP contribution in [0.2, 0.25) is 0 Å². The Morgan fingerprint density at radius 3 is 2.43 bits per heavy atom. The predicted octanol–water partition coefficient (Wildman–Crippen LogP) is 5.43. The number of hydrogen-bond acceptors (Lipinski definition) is 4. The Morgan fingerprint density at radius 1 is 1.03 bits per heavy atom. The zero-order valence-electron chi connectivity index (χ0n) is 15.3. The molecule has 0 bridgehead atoms. The van der Waals surface area contributed by atoms with Gasteiger partial charge in [0.1, 0.15) is 5.75 Å². The van der Waals surface area contributed by atoms with Crippen LogP contribution in [0, 0.1) is 11.8 Å². The first kappa shape index (κ1) is 21.0. The molecule has 156 valence electrons. The molecule has 1 amide bonds. The lowest BCUT2D eigenvalue weighted by molar-refractivity contribution is -0.137. The van der Waals surface area contributed by atoms with Crippen molar-refractivity contribution in [2.24, 2.45) is 0 Å². The second-order valence-electron chi connectivity index (χ2n) is 5.91. The quantitative estimate of drug-likeness (QED) is 0.438. The van der Waals surface area contributed by atoms with E-state index in [1.807, 2.05) is 0 Å². The Hall–Kier alpha value is -3.69. The lowest BCUT2D eigenvalue weighted by Gasteiger charge is -2.16. The molecule has 0 aliphatic heterocycles. The molecular weight excluding hydrogens is 411 g/mol. The summed E-state index contributed by atoms with van der Waals surface area (Å²) in [4.78, 5) is 16.0. The van der Waals surface area contributed by atoms with Crippen molar-refractivity contribution in [1.29, 1.82) is 0 Å². The molecule has 0 radical (unpaired) electrons. The second-order valence-corrected chi connectivity index (χ2v) is 5.91. The van der Waals surface area contributed by atoms with E-state index in [9.17, 15) is 26.7 Å². The number of carbonyl (C=O) groups excluding carboxylic acids is 1. The molecule has 10 heteroatoms. The van der Waals surface area contributed by atoms with Gasteiger partial charge in [0, 0.05) is 0 Å². The minimum absolute atomic E-state index is 0.0492. The molecule has 30 heavy (non-hydrogen) atoms. The van der Waals surface area contributed by atoms with Crippen molar-refractivity contribution in [2.45, 2.75) is 6.18 Å². The maximum atomic E-state index is 13.9. The number of hydrogen-bond donors (Lipinski definition) is 1. The van der Waals surface area contributed by atoms with Gasteiger partial charge in [0.05, 0.1) is 30.1 Å². The maximum absolute atomic E-state index is 13.9. The normalized spacial score (nSPS) is 11.1. The van der Waals surface area contributed by atoms with Gasteiger partial charge in [-0.05, 0) is 42.5 Å². The Kier molecular flexibility index (Phi) is 5.86. The fourth-order valence-corrected chi connectivity index (χ4v) is 2.51. The third-order valence-electron chi connectivity index (χ3n) is 3.89. The number of nitrogens with zero attached hydrogens (tertiary/aromatic N) is 1. The molecule has 0 aliphatic carbocycles. The average molecular weight is 424 g/mol. The van der Waals surface area contributed by atoms with Crippen molar-refractivity contribution in [2.75, 3.05) is 12.4 Å². The Labute approximate surface area is 167 Å². The monoisotopic (exact) mass is 424 g/mol. The van der Waals surface area contributed by atoms with Gasteiger partial charge in [-0.1, -0.05) is 6.07 Å². The van der Waals surface area contributed by atoms with Crippen LogP contribution in [0.25, 0.3) is 0 Å². The van der Waals surface area contributed by atoms with Gasteiger partial charge in [-0.25, -0.2) is 9.37 Å². The van der Waals surface area contributed by atoms with Crippen LogP contribution in [0.1, 0.15) is 15.9 Å². The van der Waals surface area contributed by atoms with E-state index in [4.69, 9.17) is 9.47 Å². The molecule has 0 saturated heterocycles. The molecule has 5 nitrogen and oxygen atoms in total. The largest absolute Gasteiger partial charge is 0.490 e. The summed E-state index contributed by atoms with van der Waals surface area (Å²) < 4.78 is 76.6. The maximum Gasteiger partial charge on any atom is 0.416 e. The number of pyridine rings is 1. The highest BCUT2D eigenvalue weighted by Crippen LogP contribution is 2.38. The first-order valence-corrected chi connectivity index (χ1v) is 8.33. The molecular formula is C20H13F5N2O3. The van der Waals surface area contributed by atoms with Crippen molar-refractivity contribution < 1.29 is 36.2 Å². The number of anilines is 1. The van der Waals surface area contributed by atoms with Crippen molar-refractivity contribution in [3.8, 4) is 17.2 Å². The number of aromatic nitrogens is 1. The number of ether oxygens (including phenoxy) is 2. The van der Waals surface area contributed by atoms with E-state index in [0.29, 0.717) is 6.07 Å². The van der Waals surface area contributed by atoms with Crippen molar-refractivity contribution in [3.63, 3.8) is 0 Å². The number of para-hydroxylation sites is 1. The van der Waals surface area contributed by atoms with Gasteiger partial charge >= 0.3 is 6.18 Å². The van der Waals surface area contributed by atoms with Gasteiger partial charge in [0.15, 0.2) is 17.3 Å². The van der Waals surface area contributed by atoms with Gasteiger partial charge < -0.3 is 14.8 Å². The van der Waals surface area contributed by atoms with Gasteiger partial charge in [-0.3, -0.25) is 4.79 Å². The number of methoxy groups -OCH3 is 1. The number of alkyl halides is 3. The smallest absolute Gasteiger partial charge is 0.416 e. The molecule has 3 aromatic rings. The fraction of sp³-hybridized carbons (Fsp3) is 0.100.